The van der Waals surface area contributed by atoms with Gasteiger partial charge < -0.3 is 14.7 Å². The van der Waals surface area contributed by atoms with Crippen LogP contribution in [0.1, 0.15) is 50.4 Å². The smallest absolute Gasteiger partial charge is 0.300 e. The fourth-order valence-electron chi connectivity index (χ4n) is 4.81. The topological polar surface area (TPSA) is 70.1 Å². The Morgan fingerprint density at radius 2 is 1.63 bits per heavy atom. The first-order valence-corrected chi connectivity index (χ1v) is 13.2. The van der Waals surface area contributed by atoms with Crippen LogP contribution in [0.25, 0.3) is 5.76 Å². The number of nitrogens with zero attached hydrogens (tertiary/aromatic N) is 2. The van der Waals surface area contributed by atoms with Crippen molar-refractivity contribution >= 4 is 40.4 Å². The lowest BCUT2D eigenvalue weighted by atomic mass is 9.94. The van der Waals surface area contributed by atoms with Gasteiger partial charge in [-0.3, -0.25) is 14.5 Å². The molecule has 1 unspecified atom stereocenters. The molecule has 1 heterocycles. The van der Waals surface area contributed by atoms with Crippen molar-refractivity contribution < 1.29 is 19.4 Å². The molecule has 1 atom stereocenters. The van der Waals surface area contributed by atoms with Crippen LogP contribution in [-0.4, -0.2) is 36.0 Å². The molecule has 1 aliphatic rings. The highest BCUT2D eigenvalue weighted by Gasteiger charge is 2.47. The minimum Gasteiger partial charge on any atom is -0.507 e. The summed E-state index contributed by atoms with van der Waals surface area (Å²) in [5, 5.41) is 12.0. The number of halogens is 1. The van der Waals surface area contributed by atoms with Crippen molar-refractivity contribution in [1.82, 2.24) is 0 Å². The minimum absolute atomic E-state index is 0.00263. The number of Topliss-reactive ketones (excluding diaryl/α,β-unsaturated/α-hetero) is 1. The van der Waals surface area contributed by atoms with Crippen LogP contribution in [0.15, 0.2) is 72.3 Å². The number of anilines is 2. The van der Waals surface area contributed by atoms with Gasteiger partial charge in [0.1, 0.15) is 11.5 Å². The summed E-state index contributed by atoms with van der Waals surface area (Å²) in [5.74, 6) is -0.975. The van der Waals surface area contributed by atoms with E-state index < -0.39 is 17.7 Å². The molecule has 0 radical (unpaired) electrons. The van der Waals surface area contributed by atoms with Gasteiger partial charge in [-0.25, -0.2) is 0 Å². The van der Waals surface area contributed by atoms with E-state index in [1.54, 1.807) is 42.5 Å². The molecule has 6 nitrogen and oxygen atoms in total. The summed E-state index contributed by atoms with van der Waals surface area (Å²) in [4.78, 5) is 30.5. The Labute approximate surface area is 229 Å². The minimum atomic E-state index is -0.811. The molecule has 0 bridgehead atoms. The van der Waals surface area contributed by atoms with E-state index in [9.17, 15) is 14.7 Å². The molecular formula is C31H33ClN2O4. The number of aliphatic hydroxyl groups excluding tert-OH is 1. The zero-order chi connectivity index (χ0) is 27.6. The monoisotopic (exact) mass is 532 g/mol. The third kappa shape index (κ3) is 5.27. The predicted octanol–water partition coefficient (Wildman–Crippen LogP) is 6.91. The van der Waals surface area contributed by atoms with Crippen LogP contribution in [0.5, 0.6) is 5.75 Å². The number of benzene rings is 3. The number of carbonyl (C=O) groups is 2. The Morgan fingerprint density at radius 1 is 1.00 bits per heavy atom. The summed E-state index contributed by atoms with van der Waals surface area (Å²) in [5.41, 5.74) is 3.57. The second kappa shape index (κ2) is 11.3. The van der Waals surface area contributed by atoms with Gasteiger partial charge in [0, 0.05) is 35.1 Å². The van der Waals surface area contributed by atoms with Crippen LogP contribution in [0.3, 0.4) is 0 Å². The van der Waals surface area contributed by atoms with E-state index >= 15 is 0 Å². The third-order valence-electron chi connectivity index (χ3n) is 6.70. The maximum Gasteiger partial charge on any atom is 0.300 e. The molecule has 1 amide bonds. The number of ether oxygens (including phenoxy) is 1. The second-order valence-electron chi connectivity index (χ2n) is 9.56. The Morgan fingerprint density at radius 3 is 2.18 bits per heavy atom. The largest absolute Gasteiger partial charge is 0.507 e. The molecule has 7 heteroatoms. The molecule has 3 aromatic carbocycles. The molecule has 4 rings (SSSR count). The first kappa shape index (κ1) is 27.3. The molecule has 0 aliphatic carbocycles. The normalized spacial score (nSPS) is 16.8. The van der Waals surface area contributed by atoms with E-state index in [4.69, 9.17) is 16.3 Å². The summed E-state index contributed by atoms with van der Waals surface area (Å²) in [6, 6.07) is 19.0. The van der Waals surface area contributed by atoms with Crippen molar-refractivity contribution in [2.24, 2.45) is 0 Å². The molecule has 0 spiro atoms. The number of aliphatic hydroxyl groups is 1. The summed E-state index contributed by atoms with van der Waals surface area (Å²) in [6.07, 6.45) is -0.00263. The van der Waals surface area contributed by atoms with Gasteiger partial charge in [-0.05, 0) is 100 Å². The molecule has 38 heavy (non-hydrogen) atoms. The summed E-state index contributed by atoms with van der Waals surface area (Å²) >= 11 is 6.09. The molecular weight excluding hydrogens is 500 g/mol. The second-order valence-corrected chi connectivity index (χ2v) is 9.99. The molecule has 0 aromatic heterocycles. The molecule has 1 N–H and O–H groups in total. The van der Waals surface area contributed by atoms with Crippen LogP contribution in [0, 0.1) is 6.92 Å². The lowest BCUT2D eigenvalue weighted by Gasteiger charge is -2.27. The number of amides is 1. The standard InChI is InChI=1S/C31H33ClN2O4/c1-6-33(7-2)24-13-8-21(9-14-24)28-27(29(35)22-10-17-26(20(5)18-22)38-19(3)4)30(36)31(37)34(28)25-15-11-23(32)12-16-25/h8-19,28,35H,6-7H2,1-5H3/b29-27-. The van der Waals surface area contributed by atoms with E-state index in [0.717, 1.165) is 24.3 Å². The molecule has 1 saturated heterocycles. The van der Waals surface area contributed by atoms with Crippen molar-refractivity contribution in [3.8, 4) is 5.75 Å². The highest BCUT2D eigenvalue weighted by Crippen LogP contribution is 2.43. The average Bonchev–Trinajstić information content (AvgIpc) is 3.16. The lowest BCUT2D eigenvalue weighted by Crippen LogP contribution is -2.29. The van der Waals surface area contributed by atoms with Crippen LogP contribution in [-0.2, 0) is 9.59 Å². The maximum atomic E-state index is 13.5. The van der Waals surface area contributed by atoms with Crippen molar-refractivity contribution in [3.05, 3.63) is 94.0 Å². The molecule has 198 valence electrons. The van der Waals surface area contributed by atoms with Crippen LogP contribution in [0.2, 0.25) is 5.02 Å². The van der Waals surface area contributed by atoms with Gasteiger partial charge in [0.15, 0.2) is 0 Å². The van der Waals surface area contributed by atoms with Crippen LogP contribution < -0.4 is 14.5 Å². The third-order valence-corrected chi connectivity index (χ3v) is 6.95. The van der Waals surface area contributed by atoms with E-state index in [1.807, 2.05) is 45.0 Å². The van der Waals surface area contributed by atoms with Crippen molar-refractivity contribution in [2.45, 2.75) is 46.8 Å². The number of rotatable bonds is 8. The Bertz CT molecular complexity index is 1360. The maximum absolute atomic E-state index is 13.5. The van der Waals surface area contributed by atoms with E-state index in [-0.39, 0.29) is 17.4 Å². The van der Waals surface area contributed by atoms with Crippen molar-refractivity contribution in [1.29, 1.82) is 0 Å². The number of carbonyl (C=O) groups excluding carboxylic acids is 2. The summed E-state index contributed by atoms with van der Waals surface area (Å²) in [7, 11) is 0. The van der Waals surface area contributed by atoms with Gasteiger partial charge in [0.05, 0.1) is 17.7 Å². The van der Waals surface area contributed by atoms with Gasteiger partial charge in [0.2, 0.25) is 0 Å². The number of ketones is 1. The molecule has 1 aliphatic heterocycles. The van der Waals surface area contributed by atoms with Gasteiger partial charge in [0.25, 0.3) is 11.7 Å². The molecule has 1 fully saturated rings. The highest BCUT2D eigenvalue weighted by molar-refractivity contribution is 6.51. The van der Waals surface area contributed by atoms with E-state index in [0.29, 0.717) is 27.6 Å². The molecule has 3 aromatic rings. The highest BCUT2D eigenvalue weighted by atomic mass is 35.5. The van der Waals surface area contributed by atoms with Gasteiger partial charge in [-0.1, -0.05) is 23.7 Å². The average molecular weight is 533 g/mol. The first-order valence-electron chi connectivity index (χ1n) is 12.8. The first-order chi connectivity index (χ1) is 18.2. The van der Waals surface area contributed by atoms with Crippen molar-refractivity contribution in [2.75, 3.05) is 22.9 Å². The number of hydrogen-bond donors (Lipinski definition) is 1. The number of aryl methyl sites for hydroxylation is 1. The van der Waals surface area contributed by atoms with Crippen molar-refractivity contribution in [3.63, 3.8) is 0 Å². The Hall–Kier alpha value is -3.77. The van der Waals surface area contributed by atoms with Gasteiger partial charge in [-0.15, -0.1) is 0 Å². The van der Waals surface area contributed by atoms with E-state index in [1.165, 1.54) is 4.90 Å². The van der Waals surface area contributed by atoms with Gasteiger partial charge in [-0.2, -0.15) is 0 Å². The fourth-order valence-corrected chi connectivity index (χ4v) is 4.94. The Kier molecular flexibility index (Phi) is 8.12. The fraction of sp³-hybridized carbons (Fsp3) is 0.290. The SMILES string of the molecule is CCN(CC)c1ccc(C2/C(=C(/O)c3ccc(OC(C)C)c(C)c3)C(=O)C(=O)N2c2ccc(Cl)cc2)cc1. The van der Waals surface area contributed by atoms with E-state index in [2.05, 4.69) is 18.7 Å². The van der Waals surface area contributed by atoms with Crippen LogP contribution in [0.4, 0.5) is 11.4 Å². The summed E-state index contributed by atoms with van der Waals surface area (Å²) < 4.78 is 5.83. The predicted molar refractivity (Wildman–Crippen MR) is 153 cm³/mol. The lowest BCUT2D eigenvalue weighted by molar-refractivity contribution is -0.132. The zero-order valence-electron chi connectivity index (χ0n) is 22.4. The molecule has 0 saturated carbocycles. The van der Waals surface area contributed by atoms with Crippen LogP contribution >= 0.6 is 11.6 Å². The summed E-state index contributed by atoms with van der Waals surface area (Å²) in [6.45, 7) is 11.7. The quantitative estimate of drug-likeness (QED) is 0.194. The number of hydrogen-bond acceptors (Lipinski definition) is 5. The Balaban J connectivity index is 1.87. The van der Waals surface area contributed by atoms with Gasteiger partial charge >= 0.3 is 0 Å². The zero-order valence-corrected chi connectivity index (χ0v) is 23.1.